The van der Waals surface area contributed by atoms with Gasteiger partial charge in [-0.3, -0.25) is 4.79 Å². The molecular formula is C13H17FIN3O. The van der Waals surface area contributed by atoms with Crippen molar-refractivity contribution in [3.8, 4) is 0 Å². The number of benzene rings is 1. The fourth-order valence-corrected chi connectivity index (χ4v) is 2.97. The molecule has 1 aliphatic rings. The van der Waals surface area contributed by atoms with Crippen LogP contribution >= 0.6 is 22.6 Å². The van der Waals surface area contributed by atoms with Crippen LogP contribution in [0.25, 0.3) is 0 Å². The molecule has 1 aliphatic heterocycles. The van der Waals surface area contributed by atoms with Gasteiger partial charge in [-0.2, -0.15) is 0 Å². The van der Waals surface area contributed by atoms with Gasteiger partial charge in [0, 0.05) is 18.7 Å². The first-order valence-corrected chi connectivity index (χ1v) is 7.28. The molecule has 0 radical (unpaired) electrons. The average molecular weight is 377 g/mol. The summed E-state index contributed by atoms with van der Waals surface area (Å²) in [5.41, 5.74) is 12.5. The number of nitrogens with zero attached hydrogens (tertiary/aromatic N) is 1. The van der Waals surface area contributed by atoms with Gasteiger partial charge in [-0.05, 0) is 48.4 Å². The van der Waals surface area contributed by atoms with Crippen LogP contribution in [0.5, 0.6) is 0 Å². The zero-order chi connectivity index (χ0) is 14.2. The van der Waals surface area contributed by atoms with E-state index in [9.17, 15) is 9.18 Å². The number of hydrogen-bond donors (Lipinski definition) is 2. The van der Waals surface area contributed by atoms with Gasteiger partial charge in [0.25, 0.3) is 0 Å². The summed E-state index contributed by atoms with van der Waals surface area (Å²) in [6.45, 7) is 2.55. The summed E-state index contributed by atoms with van der Waals surface area (Å²) >= 11 is 1.91. The van der Waals surface area contributed by atoms with Gasteiger partial charge in [0.05, 0.1) is 20.9 Å². The molecule has 6 heteroatoms. The van der Waals surface area contributed by atoms with Gasteiger partial charge in [-0.1, -0.05) is 0 Å². The van der Waals surface area contributed by atoms with Crippen LogP contribution in [0.3, 0.4) is 0 Å². The third-order valence-corrected chi connectivity index (χ3v) is 4.49. The zero-order valence-corrected chi connectivity index (χ0v) is 12.9. The lowest BCUT2D eigenvalue weighted by Gasteiger charge is -2.39. The predicted octanol–water partition coefficient (Wildman–Crippen LogP) is 2.10. The lowest BCUT2D eigenvalue weighted by atomic mass is 9.92. The van der Waals surface area contributed by atoms with Crippen LogP contribution < -0.4 is 16.4 Å². The van der Waals surface area contributed by atoms with E-state index in [4.69, 9.17) is 11.5 Å². The molecule has 2 atom stereocenters. The van der Waals surface area contributed by atoms with Gasteiger partial charge >= 0.3 is 0 Å². The van der Waals surface area contributed by atoms with Gasteiger partial charge < -0.3 is 16.4 Å². The number of carbonyl (C=O) groups is 1. The number of nitrogens with two attached hydrogens (primary N) is 2. The van der Waals surface area contributed by atoms with Gasteiger partial charge in [0.15, 0.2) is 0 Å². The summed E-state index contributed by atoms with van der Waals surface area (Å²) in [6.07, 6.45) is 1.63. The normalized spacial score (nSPS) is 23.4. The molecule has 1 aromatic rings. The number of piperidine rings is 1. The van der Waals surface area contributed by atoms with Crippen molar-refractivity contribution in [1.82, 2.24) is 0 Å². The van der Waals surface area contributed by atoms with Crippen LogP contribution in [0.15, 0.2) is 12.1 Å². The minimum absolute atomic E-state index is 0.196. The molecule has 1 amide bonds. The van der Waals surface area contributed by atoms with Gasteiger partial charge in [0.2, 0.25) is 5.91 Å². The van der Waals surface area contributed by atoms with Crippen molar-refractivity contribution in [1.29, 1.82) is 0 Å². The third kappa shape index (κ3) is 2.93. The smallest absolute Gasteiger partial charge is 0.222 e. The third-order valence-electron chi connectivity index (χ3n) is 3.66. The van der Waals surface area contributed by atoms with E-state index in [0.717, 1.165) is 12.8 Å². The number of halogens is 2. The van der Waals surface area contributed by atoms with E-state index < -0.39 is 0 Å². The molecule has 0 bridgehead atoms. The van der Waals surface area contributed by atoms with Crippen molar-refractivity contribution < 1.29 is 9.18 Å². The molecular weight excluding hydrogens is 360 g/mol. The summed E-state index contributed by atoms with van der Waals surface area (Å²) < 4.78 is 14.2. The molecule has 1 saturated heterocycles. The van der Waals surface area contributed by atoms with Crippen molar-refractivity contribution in [2.75, 3.05) is 17.2 Å². The first-order chi connectivity index (χ1) is 8.90. The minimum Gasteiger partial charge on any atom is -0.397 e. The van der Waals surface area contributed by atoms with E-state index in [0.29, 0.717) is 21.5 Å². The van der Waals surface area contributed by atoms with E-state index in [1.807, 2.05) is 34.4 Å². The summed E-state index contributed by atoms with van der Waals surface area (Å²) in [5.74, 6) is -0.794. The first kappa shape index (κ1) is 14.4. The van der Waals surface area contributed by atoms with Crippen LogP contribution in [0.1, 0.15) is 19.8 Å². The van der Waals surface area contributed by atoms with Crippen LogP contribution in [0.4, 0.5) is 15.8 Å². The molecule has 1 fully saturated rings. The molecule has 4 N–H and O–H groups in total. The number of primary amides is 1. The molecule has 0 aromatic heterocycles. The fourth-order valence-electron chi connectivity index (χ4n) is 2.48. The highest BCUT2D eigenvalue weighted by Gasteiger charge is 2.30. The number of nitrogen functional groups attached to an aromatic ring is 1. The highest BCUT2D eigenvalue weighted by molar-refractivity contribution is 14.1. The van der Waals surface area contributed by atoms with Crippen molar-refractivity contribution in [2.24, 2.45) is 11.7 Å². The second-order valence-corrected chi connectivity index (χ2v) is 6.17. The monoisotopic (exact) mass is 377 g/mol. The van der Waals surface area contributed by atoms with E-state index in [1.54, 1.807) is 6.07 Å². The Bertz CT molecular complexity index is 509. The van der Waals surface area contributed by atoms with Crippen LogP contribution in [0.2, 0.25) is 0 Å². The zero-order valence-electron chi connectivity index (χ0n) is 10.7. The standard InChI is InChI=1S/C13H17FIN3O/c1-7-2-3-8(13(17)19)6-18(7)12-4-9(14)10(15)5-11(12)16/h4-5,7-8H,2-3,6,16H2,1H3,(H2,17,19). The molecule has 4 nitrogen and oxygen atoms in total. The van der Waals surface area contributed by atoms with Crippen molar-refractivity contribution >= 4 is 39.9 Å². The van der Waals surface area contributed by atoms with Gasteiger partial charge in [-0.25, -0.2) is 4.39 Å². The molecule has 19 heavy (non-hydrogen) atoms. The number of amides is 1. The van der Waals surface area contributed by atoms with Crippen LogP contribution in [-0.2, 0) is 4.79 Å². The Balaban J connectivity index is 2.33. The first-order valence-electron chi connectivity index (χ1n) is 6.20. The van der Waals surface area contributed by atoms with E-state index in [1.165, 1.54) is 6.07 Å². The Hall–Kier alpha value is -1.05. The lowest BCUT2D eigenvalue weighted by molar-refractivity contribution is -0.122. The van der Waals surface area contributed by atoms with E-state index in [2.05, 4.69) is 0 Å². The highest BCUT2D eigenvalue weighted by atomic mass is 127. The topological polar surface area (TPSA) is 72.4 Å². The maximum atomic E-state index is 13.7. The molecule has 0 aliphatic carbocycles. The fraction of sp³-hybridized carbons (Fsp3) is 0.462. The van der Waals surface area contributed by atoms with Gasteiger partial charge in [0.1, 0.15) is 5.82 Å². The number of carbonyl (C=O) groups excluding carboxylic acids is 1. The Morgan fingerprint density at radius 3 is 2.79 bits per heavy atom. The highest BCUT2D eigenvalue weighted by Crippen LogP contribution is 2.33. The number of rotatable bonds is 2. The lowest BCUT2D eigenvalue weighted by Crippen LogP contribution is -2.46. The Morgan fingerprint density at radius 2 is 2.16 bits per heavy atom. The quantitative estimate of drug-likeness (QED) is 0.613. The largest absolute Gasteiger partial charge is 0.397 e. The maximum absolute atomic E-state index is 13.7. The Labute approximate surface area is 125 Å². The number of hydrogen-bond acceptors (Lipinski definition) is 3. The Morgan fingerprint density at radius 1 is 1.47 bits per heavy atom. The molecule has 0 spiro atoms. The molecule has 1 aromatic carbocycles. The second-order valence-electron chi connectivity index (χ2n) is 5.00. The molecule has 0 saturated carbocycles. The molecule has 104 valence electrons. The SMILES string of the molecule is CC1CCC(C(N)=O)CN1c1cc(F)c(I)cc1N. The van der Waals surface area contributed by atoms with E-state index >= 15 is 0 Å². The molecule has 2 unspecified atom stereocenters. The molecule has 2 rings (SSSR count). The van der Waals surface area contributed by atoms with Crippen LogP contribution in [0, 0.1) is 15.3 Å². The van der Waals surface area contributed by atoms with Crippen molar-refractivity contribution in [2.45, 2.75) is 25.8 Å². The summed E-state index contributed by atoms with van der Waals surface area (Å²) in [7, 11) is 0. The summed E-state index contributed by atoms with van der Waals surface area (Å²) in [4.78, 5) is 13.3. The summed E-state index contributed by atoms with van der Waals surface area (Å²) in [5, 5.41) is 0. The second kappa shape index (κ2) is 5.52. The predicted molar refractivity (Wildman–Crippen MR) is 82.3 cm³/mol. The van der Waals surface area contributed by atoms with Crippen LogP contribution in [-0.4, -0.2) is 18.5 Å². The van der Waals surface area contributed by atoms with Crippen molar-refractivity contribution in [3.63, 3.8) is 0 Å². The van der Waals surface area contributed by atoms with Gasteiger partial charge in [-0.15, -0.1) is 0 Å². The van der Waals surface area contributed by atoms with Crippen molar-refractivity contribution in [3.05, 3.63) is 21.5 Å². The van der Waals surface area contributed by atoms with E-state index in [-0.39, 0.29) is 23.7 Å². The number of anilines is 2. The molecule has 1 heterocycles. The minimum atomic E-state index is -0.304. The Kier molecular flexibility index (Phi) is 4.17. The average Bonchev–Trinajstić information content (AvgIpc) is 2.34. The summed E-state index contributed by atoms with van der Waals surface area (Å²) in [6, 6.07) is 3.28. The maximum Gasteiger partial charge on any atom is 0.222 e.